The molecule has 0 aliphatic rings. The number of amides is 2. The lowest BCUT2D eigenvalue weighted by atomic mass is 10.1. The van der Waals surface area contributed by atoms with Crippen LogP contribution in [-0.2, 0) is 6.54 Å². The summed E-state index contributed by atoms with van der Waals surface area (Å²) < 4.78 is 0. The van der Waals surface area contributed by atoms with E-state index in [1.54, 1.807) is 0 Å². The number of urea groups is 1. The van der Waals surface area contributed by atoms with Gasteiger partial charge in [0.05, 0.1) is 5.56 Å². The number of nitrogens with zero attached hydrogens (tertiary/aromatic N) is 4. The van der Waals surface area contributed by atoms with Gasteiger partial charge in [0.1, 0.15) is 0 Å². The molecule has 0 saturated heterocycles. The highest BCUT2D eigenvalue weighted by molar-refractivity contribution is 5.98. The van der Waals surface area contributed by atoms with Gasteiger partial charge in [0.25, 0.3) is 5.56 Å². The molecule has 216 valence electrons. The van der Waals surface area contributed by atoms with Crippen LogP contribution in [0.5, 0.6) is 0 Å². The third-order valence-electron chi connectivity index (χ3n) is 6.51. The van der Waals surface area contributed by atoms with E-state index in [1.807, 2.05) is 69.7 Å². The largest absolute Gasteiger partial charge is 0.373 e. The highest BCUT2D eigenvalue weighted by Crippen LogP contribution is 2.18. The molecular formula is C29H43N9O2. The van der Waals surface area contributed by atoms with Gasteiger partial charge in [-0.25, -0.2) is 9.78 Å². The van der Waals surface area contributed by atoms with Crippen molar-refractivity contribution in [1.82, 2.24) is 19.8 Å². The third-order valence-corrected chi connectivity index (χ3v) is 6.51. The van der Waals surface area contributed by atoms with Crippen molar-refractivity contribution in [3.05, 3.63) is 70.6 Å². The van der Waals surface area contributed by atoms with Crippen molar-refractivity contribution in [3.63, 3.8) is 0 Å². The maximum atomic E-state index is 12.8. The predicted octanol–water partition coefficient (Wildman–Crippen LogP) is 2.58. The van der Waals surface area contributed by atoms with E-state index in [2.05, 4.69) is 35.3 Å². The average molecular weight is 550 g/mol. The Balaban J connectivity index is 1.57. The second-order valence-electron chi connectivity index (χ2n) is 10.1. The molecule has 11 nitrogen and oxygen atoms in total. The Kier molecular flexibility index (Phi) is 12.1. The number of benzene rings is 2. The van der Waals surface area contributed by atoms with Crippen molar-refractivity contribution in [1.29, 1.82) is 0 Å². The maximum Gasteiger partial charge on any atom is 0.326 e. The first-order valence-electron chi connectivity index (χ1n) is 13.6. The number of likely N-dealkylation sites (N-methyl/N-ethyl adjacent to an activating group) is 2. The number of carbonyl (C=O) groups is 1. The molecule has 0 fully saturated rings. The second-order valence-corrected chi connectivity index (χ2v) is 10.1. The Bertz CT molecular complexity index is 1240. The number of aromatic nitrogens is 2. The number of nitrogens with two attached hydrogens (primary N) is 2. The Labute approximate surface area is 236 Å². The Hall–Kier alpha value is -3.77. The molecule has 0 aliphatic heterocycles. The molecule has 11 heteroatoms. The van der Waals surface area contributed by atoms with Crippen LogP contribution in [0.1, 0.15) is 18.4 Å². The van der Waals surface area contributed by atoms with Crippen LogP contribution in [-0.4, -0.2) is 86.2 Å². The van der Waals surface area contributed by atoms with Crippen LogP contribution in [0, 0.1) is 0 Å². The van der Waals surface area contributed by atoms with Crippen molar-refractivity contribution in [2.45, 2.75) is 19.4 Å². The molecule has 40 heavy (non-hydrogen) atoms. The van der Waals surface area contributed by atoms with Gasteiger partial charge in [0.15, 0.2) is 0 Å². The number of aromatic amines is 1. The summed E-state index contributed by atoms with van der Waals surface area (Å²) in [6.45, 7) is 5.78. The van der Waals surface area contributed by atoms with Crippen LogP contribution in [0.25, 0.3) is 11.1 Å². The normalized spacial score (nSPS) is 11.2. The highest BCUT2D eigenvalue weighted by atomic mass is 16.2. The summed E-state index contributed by atoms with van der Waals surface area (Å²) in [5.41, 5.74) is 15.0. The van der Waals surface area contributed by atoms with Crippen LogP contribution in [0.4, 0.5) is 22.1 Å². The molecule has 1 heterocycles. The van der Waals surface area contributed by atoms with Gasteiger partial charge in [0, 0.05) is 44.3 Å². The molecule has 2 aromatic carbocycles. The van der Waals surface area contributed by atoms with Gasteiger partial charge in [-0.3, -0.25) is 20.0 Å². The summed E-state index contributed by atoms with van der Waals surface area (Å²) in [7, 11) is 6.11. The van der Waals surface area contributed by atoms with E-state index in [-0.39, 0.29) is 11.5 Å². The summed E-state index contributed by atoms with van der Waals surface area (Å²) >= 11 is 0. The van der Waals surface area contributed by atoms with Crippen molar-refractivity contribution < 1.29 is 4.79 Å². The fraction of sp³-hybridized carbons (Fsp3) is 0.414. The van der Waals surface area contributed by atoms with E-state index in [1.165, 1.54) is 6.20 Å². The number of rotatable bonds is 15. The summed E-state index contributed by atoms with van der Waals surface area (Å²) in [6, 6.07) is 14.9. The lowest BCUT2D eigenvalue weighted by molar-refractivity contribution is 0.262. The van der Waals surface area contributed by atoms with E-state index in [0.29, 0.717) is 24.3 Å². The lowest BCUT2D eigenvalue weighted by Gasteiger charge is -2.22. The first-order valence-corrected chi connectivity index (χ1v) is 13.6. The van der Waals surface area contributed by atoms with Crippen LogP contribution in [0.3, 0.4) is 0 Å². The first-order chi connectivity index (χ1) is 19.3. The quantitative estimate of drug-likeness (QED) is 0.194. The zero-order chi connectivity index (χ0) is 28.9. The minimum atomic E-state index is -0.497. The van der Waals surface area contributed by atoms with Gasteiger partial charge < -0.3 is 26.6 Å². The molecule has 0 unspecified atom stereocenters. The molecular weight excluding hydrogens is 506 g/mol. The molecule has 0 radical (unpaired) electrons. The van der Waals surface area contributed by atoms with E-state index < -0.39 is 6.03 Å². The molecule has 0 aliphatic carbocycles. The summed E-state index contributed by atoms with van der Waals surface area (Å²) in [5, 5.41) is 5.35. The zero-order valence-corrected chi connectivity index (χ0v) is 23.8. The summed E-state index contributed by atoms with van der Waals surface area (Å²) in [4.78, 5) is 38.8. The van der Waals surface area contributed by atoms with E-state index >= 15 is 0 Å². The van der Waals surface area contributed by atoms with Crippen molar-refractivity contribution in [3.8, 4) is 11.1 Å². The lowest BCUT2D eigenvalue weighted by Crippen LogP contribution is -2.28. The molecule has 1 aromatic heterocycles. The minimum absolute atomic E-state index is 0.0679. The Morgan fingerprint density at radius 1 is 0.875 bits per heavy atom. The van der Waals surface area contributed by atoms with Crippen molar-refractivity contribution >= 4 is 23.4 Å². The van der Waals surface area contributed by atoms with Gasteiger partial charge >= 0.3 is 6.03 Å². The number of H-pyrrole nitrogens is 1. The van der Waals surface area contributed by atoms with Gasteiger partial charge in [-0.05, 0) is 88.5 Å². The molecule has 0 atom stereocenters. The van der Waals surface area contributed by atoms with E-state index in [9.17, 15) is 9.59 Å². The molecule has 2 amide bonds. The van der Waals surface area contributed by atoms with E-state index in [0.717, 1.165) is 62.4 Å². The molecule has 7 N–H and O–H groups in total. The van der Waals surface area contributed by atoms with Gasteiger partial charge in [0.2, 0.25) is 5.95 Å². The summed E-state index contributed by atoms with van der Waals surface area (Å²) in [5.74, 6) is 0.0679. The first kappa shape index (κ1) is 30.8. The van der Waals surface area contributed by atoms with Crippen LogP contribution < -0.4 is 32.6 Å². The maximum absolute atomic E-state index is 12.8. The Morgan fingerprint density at radius 3 is 2.10 bits per heavy atom. The molecule has 3 aromatic rings. The monoisotopic (exact) mass is 549 g/mol. The third kappa shape index (κ3) is 9.76. The Morgan fingerprint density at radius 2 is 1.52 bits per heavy atom. The topological polar surface area (TPSA) is 149 Å². The van der Waals surface area contributed by atoms with Crippen LogP contribution in [0.15, 0.2) is 59.5 Å². The molecule has 0 saturated carbocycles. The van der Waals surface area contributed by atoms with Crippen LogP contribution in [0.2, 0.25) is 0 Å². The fourth-order valence-electron chi connectivity index (χ4n) is 4.16. The number of hydrogen-bond donors (Lipinski definition) is 5. The molecule has 0 bridgehead atoms. The van der Waals surface area contributed by atoms with Crippen molar-refractivity contribution in [2.24, 2.45) is 11.5 Å². The molecule has 3 rings (SSSR count). The smallest absolute Gasteiger partial charge is 0.326 e. The highest BCUT2D eigenvalue weighted by Gasteiger charge is 2.11. The standard InChI is InChI=1S/C29H43N9O2/c1-36(2)18-19-37(3)25-12-10-24(11-13-25)33-29(40)35-28-32-20-26(27(39)34-28)23-8-6-22(7-9-23)21-38(16-4-14-30)17-5-15-31/h6-13,20H,4-5,14-19,21,30-31H2,1-3H3,(H3,32,33,34,35,39,40). The van der Waals surface area contributed by atoms with Gasteiger partial charge in [-0.15, -0.1) is 0 Å². The number of hydrogen-bond acceptors (Lipinski definition) is 8. The van der Waals surface area contributed by atoms with Gasteiger partial charge in [-0.1, -0.05) is 24.3 Å². The molecule has 0 spiro atoms. The second kappa shape index (κ2) is 15.7. The number of nitrogens with one attached hydrogen (secondary N) is 3. The summed E-state index contributed by atoms with van der Waals surface area (Å²) in [6.07, 6.45) is 3.34. The van der Waals surface area contributed by atoms with Gasteiger partial charge in [-0.2, -0.15) is 0 Å². The predicted molar refractivity (Wildman–Crippen MR) is 164 cm³/mol. The SMILES string of the molecule is CN(C)CCN(C)c1ccc(NC(=O)Nc2ncc(-c3ccc(CN(CCCN)CCCN)cc3)c(=O)[nH]2)cc1. The minimum Gasteiger partial charge on any atom is -0.373 e. The van der Waals surface area contributed by atoms with E-state index in [4.69, 9.17) is 11.5 Å². The number of carbonyl (C=O) groups excluding carboxylic acids is 1. The number of anilines is 3. The van der Waals surface area contributed by atoms with Crippen molar-refractivity contribution in [2.75, 3.05) is 75.9 Å². The zero-order valence-electron chi connectivity index (χ0n) is 23.8. The van der Waals surface area contributed by atoms with Crippen LogP contribution >= 0.6 is 0 Å². The average Bonchev–Trinajstić information content (AvgIpc) is 2.94. The fourth-order valence-corrected chi connectivity index (χ4v) is 4.16.